The monoisotopic (exact) mass is 401 g/mol. The van der Waals surface area contributed by atoms with Crippen molar-refractivity contribution in [3.05, 3.63) is 0 Å². The van der Waals surface area contributed by atoms with Crippen LogP contribution in [0.4, 0.5) is 9.59 Å². The molecule has 0 spiro atoms. The van der Waals surface area contributed by atoms with Gasteiger partial charge in [-0.2, -0.15) is 0 Å². The highest BCUT2D eigenvalue weighted by atomic mass is 16.6. The number of carboxylic acid groups (broad SMARTS) is 1. The van der Waals surface area contributed by atoms with Gasteiger partial charge in [0.15, 0.2) is 0 Å². The number of amides is 3. The van der Waals surface area contributed by atoms with Gasteiger partial charge >= 0.3 is 18.2 Å². The topological polar surface area (TPSA) is 125 Å². The fourth-order valence-corrected chi connectivity index (χ4v) is 2.59. The van der Waals surface area contributed by atoms with Gasteiger partial charge in [-0.25, -0.2) is 14.4 Å². The average molecular weight is 401 g/mol. The molecule has 1 fully saturated rings. The van der Waals surface area contributed by atoms with Crippen LogP contribution in [0.2, 0.25) is 0 Å². The van der Waals surface area contributed by atoms with Crippen molar-refractivity contribution in [2.75, 3.05) is 20.1 Å². The van der Waals surface area contributed by atoms with Crippen molar-refractivity contribution in [3.63, 3.8) is 0 Å². The number of likely N-dealkylation sites (N-methyl/N-ethyl adjacent to an activating group) is 1. The first-order valence-electron chi connectivity index (χ1n) is 9.05. The van der Waals surface area contributed by atoms with Gasteiger partial charge in [-0.1, -0.05) is 0 Å². The zero-order chi connectivity index (χ0) is 21.9. The number of carboxylic acids is 1. The summed E-state index contributed by atoms with van der Waals surface area (Å²) in [4.78, 5) is 50.1. The number of hydrogen-bond acceptors (Lipinski definition) is 6. The second-order valence-electron chi connectivity index (χ2n) is 8.82. The van der Waals surface area contributed by atoms with E-state index in [1.165, 1.54) is 7.05 Å². The molecule has 1 aliphatic heterocycles. The Morgan fingerprint density at radius 2 is 1.61 bits per heavy atom. The third kappa shape index (κ3) is 7.61. The first-order chi connectivity index (χ1) is 12.6. The maximum absolute atomic E-state index is 12.3. The van der Waals surface area contributed by atoms with Crippen LogP contribution in [0.5, 0.6) is 0 Å². The van der Waals surface area contributed by atoms with Gasteiger partial charge in [-0.05, 0) is 41.5 Å². The van der Waals surface area contributed by atoms with Gasteiger partial charge in [0.1, 0.15) is 23.8 Å². The third-order valence-corrected chi connectivity index (χ3v) is 3.67. The highest BCUT2D eigenvalue weighted by Crippen LogP contribution is 2.21. The molecular formula is C18H31N3O7. The van der Waals surface area contributed by atoms with Crippen molar-refractivity contribution < 1.29 is 33.8 Å². The molecule has 10 nitrogen and oxygen atoms in total. The summed E-state index contributed by atoms with van der Waals surface area (Å²) in [7, 11) is 1.43. The van der Waals surface area contributed by atoms with Gasteiger partial charge < -0.3 is 24.8 Å². The Labute approximate surface area is 165 Å². The Kier molecular flexibility index (Phi) is 7.27. The van der Waals surface area contributed by atoms with Crippen LogP contribution in [0.3, 0.4) is 0 Å². The maximum atomic E-state index is 12.3. The molecule has 0 bridgehead atoms. The lowest BCUT2D eigenvalue weighted by atomic mass is 10.1. The van der Waals surface area contributed by atoms with Crippen molar-refractivity contribution in [2.45, 2.75) is 71.2 Å². The van der Waals surface area contributed by atoms with Crippen LogP contribution in [0.25, 0.3) is 0 Å². The van der Waals surface area contributed by atoms with Crippen molar-refractivity contribution >= 4 is 24.1 Å². The molecule has 10 heteroatoms. The Balaban J connectivity index is 2.67. The van der Waals surface area contributed by atoms with E-state index in [2.05, 4.69) is 5.32 Å². The maximum Gasteiger partial charge on any atom is 0.411 e. The molecule has 0 aromatic heterocycles. The minimum atomic E-state index is -1.17. The first-order valence-corrected chi connectivity index (χ1v) is 9.05. The summed E-state index contributed by atoms with van der Waals surface area (Å²) in [6.45, 7) is 9.95. The zero-order valence-corrected chi connectivity index (χ0v) is 17.6. The highest BCUT2D eigenvalue weighted by Gasteiger charge is 2.42. The summed E-state index contributed by atoms with van der Waals surface area (Å²) in [6, 6.07) is -1.66. The summed E-state index contributed by atoms with van der Waals surface area (Å²) in [6.07, 6.45) is -1.34. The Morgan fingerprint density at radius 1 is 1.07 bits per heavy atom. The van der Waals surface area contributed by atoms with Gasteiger partial charge in [0.2, 0.25) is 5.91 Å². The standard InChI is InChI=1S/C18H31N3O7/c1-17(2,3)27-15(25)20(7)10-13(22)19-11-8-12(14(23)24)21(9-11)16(26)28-18(4,5)6/h11-12H,8-10H2,1-7H3,(H,19,22)(H,23,24)/t11?,12-/m0/s1. The quantitative estimate of drug-likeness (QED) is 0.730. The van der Waals surface area contributed by atoms with E-state index in [-0.39, 0.29) is 19.5 Å². The van der Waals surface area contributed by atoms with E-state index in [4.69, 9.17) is 9.47 Å². The zero-order valence-electron chi connectivity index (χ0n) is 17.6. The number of carbonyl (C=O) groups excluding carboxylic acids is 3. The molecule has 2 N–H and O–H groups in total. The van der Waals surface area contributed by atoms with Gasteiger partial charge in [-0.3, -0.25) is 9.69 Å². The molecule has 0 saturated carbocycles. The van der Waals surface area contributed by atoms with E-state index in [1.807, 2.05) is 0 Å². The van der Waals surface area contributed by atoms with Crippen LogP contribution in [0, 0.1) is 0 Å². The van der Waals surface area contributed by atoms with Crippen LogP contribution in [-0.2, 0) is 19.1 Å². The number of likely N-dealkylation sites (tertiary alicyclic amines) is 1. The summed E-state index contributed by atoms with van der Waals surface area (Å²) < 4.78 is 10.4. The van der Waals surface area contributed by atoms with Gasteiger partial charge in [-0.15, -0.1) is 0 Å². The summed E-state index contributed by atoms with van der Waals surface area (Å²) in [5.41, 5.74) is -1.45. The van der Waals surface area contributed by atoms with Crippen molar-refractivity contribution in [1.29, 1.82) is 0 Å². The Bertz CT molecular complexity index is 622. The van der Waals surface area contributed by atoms with Crippen LogP contribution in [-0.4, -0.2) is 82.4 Å². The molecule has 3 amide bonds. The third-order valence-electron chi connectivity index (χ3n) is 3.67. The molecule has 1 unspecified atom stereocenters. The van der Waals surface area contributed by atoms with E-state index >= 15 is 0 Å². The fraction of sp³-hybridized carbons (Fsp3) is 0.778. The first kappa shape index (κ1) is 23.5. The summed E-state index contributed by atoms with van der Waals surface area (Å²) in [5.74, 6) is -1.65. The minimum Gasteiger partial charge on any atom is -0.480 e. The SMILES string of the molecule is CN(CC(=O)NC1C[C@@H](C(=O)O)N(C(=O)OC(C)(C)C)C1)C(=O)OC(C)(C)C. The second-order valence-corrected chi connectivity index (χ2v) is 8.82. The van der Waals surface area contributed by atoms with Crippen molar-refractivity contribution in [3.8, 4) is 0 Å². The summed E-state index contributed by atoms with van der Waals surface area (Å²) in [5, 5.41) is 12.0. The molecule has 1 rings (SSSR count). The predicted molar refractivity (Wildman–Crippen MR) is 99.8 cm³/mol. The summed E-state index contributed by atoms with van der Waals surface area (Å²) >= 11 is 0. The number of hydrogen-bond donors (Lipinski definition) is 2. The highest BCUT2D eigenvalue weighted by molar-refractivity contribution is 5.84. The number of nitrogens with one attached hydrogen (secondary N) is 1. The number of nitrogens with zero attached hydrogens (tertiary/aromatic N) is 2. The molecule has 0 aromatic carbocycles. The van der Waals surface area contributed by atoms with Crippen molar-refractivity contribution in [1.82, 2.24) is 15.1 Å². The number of rotatable bonds is 4. The lowest BCUT2D eigenvalue weighted by molar-refractivity contribution is -0.142. The van der Waals surface area contributed by atoms with Crippen LogP contribution >= 0.6 is 0 Å². The number of aliphatic carboxylic acids is 1. The number of ether oxygens (including phenoxy) is 2. The second kappa shape index (κ2) is 8.66. The fourth-order valence-electron chi connectivity index (χ4n) is 2.59. The molecule has 0 aromatic rings. The van der Waals surface area contributed by atoms with E-state index in [1.54, 1.807) is 41.5 Å². The average Bonchev–Trinajstić information content (AvgIpc) is 2.87. The smallest absolute Gasteiger partial charge is 0.411 e. The molecule has 28 heavy (non-hydrogen) atoms. The molecule has 2 atom stereocenters. The lowest BCUT2D eigenvalue weighted by Gasteiger charge is -2.26. The molecule has 1 saturated heterocycles. The Hall–Kier alpha value is -2.52. The van der Waals surface area contributed by atoms with Gasteiger partial charge in [0, 0.05) is 26.1 Å². The van der Waals surface area contributed by atoms with Crippen LogP contribution in [0.15, 0.2) is 0 Å². The van der Waals surface area contributed by atoms with Crippen LogP contribution in [0.1, 0.15) is 48.0 Å². The molecule has 160 valence electrons. The van der Waals surface area contributed by atoms with E-state index in [0.717, 1.165) is 9.80 Å². The number of carbonyl (C=O) groups is 4. The van der Waals surface area contributed by atoms with Crippen molar-refractivity contribution in [2.24, 2.45) is 0 Å². The lowest BCUT2D eigenvalue weighted by Crippen LogP contribution is -2.46. The van der Waals surface area contributed by atoms with Gasteiger partial charge in [0.25, 0.3) is 0 Å². The Morgan fingerprint density at radius 3 is 2.07 bits per heavy atom. The van der Waals surface area contributed by atoms with E-state index < -0.39 is 47.3 Å². The molecule has 1 aliphatic rings. The van der Waals surface area contributed by atoms with E-state index in [9.17, 15) is 24.3 Å². The normalized spacial score (nSPS) is 19.8. The van der Waals surface area contributed by atoms with Crippen LogP contribution < -0.4 is 5.32 Å². The largest absolute Gasteiger partial charge is 0.480 e. The predicted octanol–water partition coefficient (Wildman–Crippen LogP) is 1.43. The molecule has 0 aliphatic carbocycles. The van der Waals surface area contributed by atoms with E-state index in [0.29, 0.717) is 0 Å². The molecular weight excluding hydrogens is 370 g/mol. The molecule has 0 radical (unpaired) electrons. The molecule has 1 heterocycles. The van der Waals surface area contributed by atoms with Gasteiger partial charge in [0.05, 0.1) is 0 Å². The minimum absolute atomic E-state index is 0.00771.